The highest BCUT2D eigenvalue weighted by Crippen LogP contribution is 2.32. The van der Waals surface area contributed by atoms with E-state index in [-0.39, 0.29) is 11.5 Å². The van der Waals surface area contributed by atoms with Gasteiger partial charge in [-0.05, 0) is 49.2 Å². The Morgan fingerprint density at radius 1 is 0.943 bits per heavy atom. The van der Waals surface area contributed by atoms with Gasteiger partial charge in [0, 0.05) is 34.4 Å². The van der Waals surface area contributed by atoms with E-state index in [2.05, 4.69) is 39.0 Å². The summed E-state index contributed by atoms with van der Waals surface area (Å²) in [4.78, 5) is 34.5. The van der Waals surface area contributed by atoms with Gasteiger partial charge in [-0.25, -0.2) is 14.3 Å². The lowest BCUT2D eigenvalue weighted by atomic mass is 10.0. The number of imidazole rings is 1. The number of unbranched alkanes of at least 4 members (excludes halogenated alkanes) is 1. The summed E-state index contributed by atoms with van der Waals surface area (Å²) in [6, 6.07) is 24.0. The first kappa shape index (κ1) is 22.3. The van der Waals surface area contributed by atoms with E-state index in [4.69, 9.17) is 4.84 Å². The van der Waals surface area contributed by atoms with E-state index in [1.54, 1.807) is 0 Å². The van der Waals surface area contributed by atoms with Gasteiger partial charge in [-0.1, -0.05) is 54.9 Å². The van der Waals surface area contributed by atoms with E-state index in [9.17, 15) is 9.59 Å². The fourth-order valence-electron chi connectivity index (χ4n) is 4.19. The van der Waals surface area contributed by atoms with Crippen molar-refractivity contribution in [3.63, 3.8) is 0 Å². The summed E-state index contributed by atoms with van der Waals surface area (Å²) >= 11 is 0. The molecule has 0 atom stereocenters. The van der Waals surface area contributed by atoms with E-state index >= 15 is 0 Å². The minimum Gasteiger partial charge on any atom is -0.309 e. The molecule has 0 aliphatic rings. The fraction of sp³-hybridized carbons (Fsp3) is 0.143. The summed E-state index contributed by atoms with van der Waals surface area (Å²) in [7, 11) is 0. The summed E-state index contributed by atoms with van der Waals surface area (Å²) in [6.07, 6.45) is 5.58. The van der Waals surface area contributed by atoms with Crippen LogP contribution in [-0.2, 0) is 4.84 Å². The molecule has 5 rings (SSSR count). The Hall–Kier alpha value is -4.52. The Bertz CT molecular complexity index is 1530. The van der Waals surface area contributed by atoms with Gasteiger partial charge in [-0.2, -0.15) is 0 Å². The fourth-order valence-corrected chi connectivity index (χ4v) is 4.19. The van der Waals surface area contributed by atoms with Crippen LogP contribution in [0.1, 0.15) is 36.5 Å². The minimum atomic E-state index is -0.717. The topological polar surface area (TPSA) is 78.5 Å². The average molecular weight is 465 g/mol. The van der Waals surface area contributed by atoms with Gasteiger partial charge in [0.1, 0.15) is 12.0 Å². The molecule has 0 bridgehead atoms. The molecule has 2 heterocycles. The predicted octanol–water partition coefficient (Wildman–Crippen LogP) is 6.39. The summed E-state index contributed by atoms with van der Waals surface area (Å²) < 4.78 is 3.35. The molecule has 0 unspecified atom stereocenters. The maximum atomic E-state index is 13.5. The number of ketones is 1. The van der Waals surface area contributed by atoms with Crippen molar-refractivity contribution in [2.24, 2.45) is 5.16 Å². The maximum absolute atomic E-state index is 13.5. The first-order valence-corrected chi connectivity index (χ1v) is 11.6. The van der Waals surface area contributed by atoms with Gasteiger partial charge in [0.05, 0.1) is 11.0 Å². The molecule has 5 aromatic rings. The number of rotatable bonds is 7. The van der Waals surface area contributed by atoms with Crippen molar-refractivity contribution >= 4 is 39.4 Å². The normalized spacial score (nSPS) is 11.7. The second-order valence-corrected chi connectivity index (χ2v) is 8.22. The van der Waals surface area contributed by atoms with E-state index in [0.717, 1.165) is 44.9 Å². The van der Waals surface area contributed by atoms with Gasteiger partial charge >= 0.3 is 6.09 Å². The van der Waals surface area contributed by atoms with E-state index in [1.165, 1.54) is 18.7 Å². The third-order valence-electron chi connectivity index (χ3n) is 5.93. The van der Waals surface area contributed by atoms with E-state index in [0.29, 0.717) is 12.0 Å². The molecule has 0 saturated carbocycles. The van der Waals surface area contributed by atoms with Crippen LogP contribution in [0.5, 0.6) is 0 Å². The van der Waals surface area contributed by atoms with Crippen molar-refractivity contribution in [1.29, 1.82) is 0 Å². The van der Waals surface area contributed by atoms with Crippen LogP contribution in [0.3, 0.4) is 0 Å². The largest absolute Gasteiger partial charge is 0.445 e. The van der Waals surface area contributed by atoms with Crippen LogP contribution < -0.4 is 0 Å². The van der Waals surface area contributed by atoms with Gasteiger partial charge in [0.25, 0.3) is 0 Å². The first-order chi connectivity index (χ1) is 17.2. The Labute approximate surface area is 202 Å². The zero-order valence-corrected chi connectivity index (χ0v) is 19.3. The molecule has 174 valence electrons. The summed E-state index contributed by atoms with van der Waals surface area (Å²) in [5, 5.41) is 5.98. The number of Topliss-reactive ketones (excluding diaryl/α,β-unsaturated/α-hetero) is 1. The van der Waals surface area contributed by atoms with Gasteiger partial charge in [-0.3, -0.25) is 9.63 Å². The molecular weight excluding hydrogens is 440 g/mol. The van der Waals surface area contributed by atoms with Crippen molar-refractivity contribution in [2.45, 2.75) is 26.2 Å². The molecule has 3 aromatic carbocycles. The minimum absolute atomic E-state index is 0.214. The Morgan fingerprint density at radius 3 is 2.49 bits per heavy atom. The zero-order chi connectivity index (χ0) is 24.2. The van der Waals surface area contributed by atoms with Gasteiger partial charge in [0.2, 0.25) is 5.78 Å². The second-order valence-electron chi connectivity index (χ2n) is 8.22. The van der Waals surface area contributed by atoms with Crippen molar-refractivity contribution in [1.82, 2.24) is 14.1 Å². The van der Waals surface area contributed by atoms with Crippen LogP contribution in [0.4, 0.5) is 4.79 Å². The lowest BCUT2D eigenvalue weighted by molar-refractivity contribution is 0.105. The van der Waals surface area contributed by atoms with Crippen molar-refractivity contribution in [3.8, 4) is 5.69 Å². The maximum Gasteiger partial charge on any atom is 0.445 e. The van der Waals surface area contributed by atoms with Gasteiger partial charge in [-0.15, -0.1) is 0 Å². The molecule has 35 heavy (non-hydrogen) atoms. The molecule has 0 aliphatic carbocycles. The van der Waals surface area contributed by atoms with Crippen LogP contribution in [0.2, 0.25) is 0 Å². The summed E-state index contributed by atoms with van der Waals surface area (Å²) in [5.41, 5.74) is 3.84. The first-order valence-electron chi connectivity index (χ1n) is 11.6. The lowest BCUT2D eigenvalue weighted by Crippen LogP contribution is -2.17. The standard InChI is InChI=1S/C28H24N4O3/c1-2-3-12-24(30-35-28(34)31-17-16-29-19-31)27(33)20-14-15-26-23(18-20)22-11-7-8-13-25(22)32(26)21-9-5-4-6-10-21/h4-11,13-19H,2-3,12H2,1H3. The molecule has 0 amide bonds. The summed E-state index contributed by atoms with van der Waals surface area (Å²) in [5.74, 6) is -0.254. The van der Waals surface area contributed by atoms with Crippen LogP contribution in [0, 0.1) is 0 Å². The number of aromatic nitrogens is 3. The highest BCUT2D eigenvalue weighted by molar-refractivity contribution is 6.46. The highest BCUT2D eigenvalue weighted by atomic mass is 16.7. The number of hydrogen-bond donors (Lipinski definition) is 0. The predicted molar refractivity (Wildman–Crippen MR) is 136 cm³/mol. The number of nitrogens with zero attached hydrogens (tertiary/aromatic N) is 4. The van der Waals surface area contributed by atoms with E-state index in [1.807, 2.05) is 55.5 Å². The second kappa shape index (κ2) is 9.77. The molecular formula is C28H24N4O3. The van der Waals surface area contributed by atoms with Gasteiger partial charge < -0.3 is 4.57 Å². The third-order valence-corrected chi connectivity index (χ3v) is 5.93. The lowest BCUT2D eigenvalue weighted by Gasteiger charge is -2.08. The molecule has 0 fully saturated rings. The Balaban J connectivity index is 1.55. The van der Waals surface area contributed by atoms with Crippen LogP contribution in [0.25, 0.3) is 27.5 Å². The SMILES string of the molecule is CCCCC(=NOC(=O)n1ccnc1)C(=O)c1ccc2c(c1)c1ccccc1n2-c1ccccc1. The molecule has 7 heteroatoms. The Morgan fingerprint density at radius 2 is 1.71 bits per heavy atom. The zero-order valence-electron chi connectivity index (χ0n) is 19.3. The highest BCUT2D eigenvalue weighted by Gasteiger charge is 2.19. The van der Waals surface area contributed by atoms with Crippen LogP contribution in [-0.4, -0.2) is 31.7 Å². The number of hydrogen-bond acceptors (Lipinski definition) is 5. The molecule has 0 N–H and O–H groups in total. The number of fused-ring (bicyclic) bond motifs is 3. The van der Waals surface area contributed by atoms with Crippen LogP contribution >= 0.6 is 0 Å². The average Bonchev–Trinajstić information content (AvgIpc) is 3.55. The molecule has 2 aromatic heterocycles. The molecule has 0 spiro atoms. The smallest absolute Gasteiger partial charge is 0.309 e. The number of benzene rings is 3. The number of oxime groups is 1. The number of carbonyl (C=O) groups excluding carboxylic acids is 2. The third kappa shape index (κ3) is 4.36. The van der Waals surface area contributed by atoms with Crippen molar-refractivity contribution in [2.75, 3.05) is 0 Å². The van der Waals surface area contributed by atoms with Gasteiger partial charge in [0.15, 0.2) is 0 Å². The number of para-hydroxylation sites is 2. The summed E-state index contributed by atoms with van der Waals surface area (Å²) in [6.45, 7) is 2.03. The molecule has 0 aliphatic heterocycles. The van der Waals surface area contributed by atoms with Crippen molar-refractivity contribution < 1.29 is 14.4 Å². The van der Waals surface area contributed by atoms with Crippen LogP contribution in [0.15, 0.2) is 96.7 Å². The molecule has 0 radical (unpaired) electrons. The Kier molecular flexibility index (Phi) is 6.22. The van der Waals surface area contributed by atoms with E-state index < -0.39 is 6.09 Å². The monoisotopic (exact) mass is 464 g/mol. The molecule has 0 saturated heterocycles. The number of carbonyl (C=O) groups is 2. The quantitative estimate of drug-likeness (QED) is 0.121. The van der Waals surface area contributed by atoms with Crippen molar-refractivity contribution in [3.05, 3.63) is 97.1 Å². The molecule has 7 nitrogen and oxygen atoms in total.